The third-order valence-corrected chi connectivity index (χ3v) is 3.47. The minimum absolute atomic E-state index is 0.750. The van der Waals surface area contributed by atoms with Crippen molar-refractivity contribution in [2.24, 2.45) is 5.92 Å². The molecule has 0 heterocycles. The summed E-state index contributed by atoms with van der Waals surface area (Å²) in [7, 11) is 0. The Balaban J connectivity index is 1.99. The lowest BCUT2D eigenvalue weighted by Gasteiger charge is -2.11. The molecule has 0 saturated carbocycles. The average Bonchev–Trinajstić information content (AvgIpc) is 2.45. The summed E-state index contributed by atoms with van der Waals surface area (Å²) in [6.45, 7) is 7.42. The molecule has 106 valence electrons. The largest absolute Gasteiger partial charge is 0.493 e. The molecule has 0 radical (unpaired) electrons. The molecule has 0 atom stereocenters. The number of ether oxygens (including phenoxy) is 1. The second-order valence-corrected chi connectivity index (χ2v) is 5.73. The van der Waals surface area contributed by atoms with Gasteiger partial charge in [0.2, 0.25) is 0 Å². The Labute approximate surface area is 122 Å². The third kappa shape index (κ3) is 4.12. The van der Waals surface area contributed by atoms with Crippen LogP contribution in [0, 0.1) is 12.8 Å². The van der Waals surface area contributed by atoms with Crippen LogP contribution in [0.15, 0.2) is 48.5 Å². The van der Waals surface area contributed by atoms with Gasteiger partial charge in [0.15, 0.2) is 0 Å². The van der Waals surface area contributed by atoms with E-state index in [1.165, 1.54) is 23.1 Å². The van der Waals surface area contributed by atoms with Gasteiger partial charge in [-0.05, 0) is 54.5 Å². The van der Waals surface area contributed by atoms with Crippen LogP contribution in [0.5, 0.6) is 5.75 Å². The van der Waals surface area contributed by atoms with E-state index in [0.29, 0.717) is 0 Å². The summed E-state index contributed by atoms with van der Waals surface area (Å²) in [5, 5.41) is 0. The first kappa shape index (κ1) is 14.6. The number of hydrogen-bond donors (Lipinski definition) is 0. The maximum Gasteiger partial charge on any atom is 0.122 e. The summed E-state index contributed by atoms with van der Waals surface area (Å²) >= 11 is 0. The van der Waals surface area contributed by atoms with Crippen molar-refractivity contribution in [2.45, 2.75) is 33.6 Å². The lowest BCUT2D eigenvalue weighted by atomic mass is 10.0. The molecule has 0 aliphatic heterocycles. The van der Waals surface area contributed by atoms with Gasteiger partial charge in [0.25, 0.3) is 0 Å². The van der Waals surface area contributed by atoms with Crippen LogP contribution < -0.4 is 4.74 Å². The van der Waals surface area contributed by atoms with E-state index in [0.717, 1.165) is 24.7 Å². The number of rotatable bonds is 6. The van der Waals surface area contributed by atoms with E-state index in [1.807, 2.05) is 6.07 Å². The summed E-state index contributed by atoms with van der Waals surface area (Å²) < 4.78 is 5.88. The second kappa shape index (κ2) is 7.14. The molecule has 0 aliphatic rings. The van der Waals surface area contributed by atoms with Gasteiger partial charge in [-0.2, -0.15) is 0 Å². The fraction of sp³-hybridized carbons (Fsp3) is 0.368. The van der Waals surface area contributed by atoms with Gasteiger partial charge in [0.05, 0.1) is 6.61 Å². The Morgan fingerprint density at radius 2 is 1.70 bits per heavy atom. The molecule has 1 heteroatoms. The Hall–Kier alpha value is -1.76. The molecule has 0 fully saturated rings. The van der Waals surface area contributed by atoms with Crippen molar-refractivity contribution in [1.29, 1.82) is 0 Å². The highest BCUT2D eigenvalue weighted by atomic mass is 16.5. The Morgan fingerprint density at radius 3 is 2.35 bits per heavy atom. The van der Waals surface area contributed by atoms with Crippen LogP contribution in [0.4, 0.5) is 0 Å². The first-order valence-corrected chi connectivity index (χ1v) is 7.45. The van der Waals surface area contributed by atoms with Gasteiger partial charge < -0.3 is 4.74 Å². The number of aryl methyl sites for hydroxylation is 1. The van der Waals surface area contributed by atoms with Crippen molar-refractivity contribution in [3.63, 3.8) is 0 Å². The summed E-state index contributed by atoms with van der Waals surface area (Å²) in [5.74, 6) is 1.76. The SMILES string of the molecule is Cc1cc(-c2ccccc2)ccc1OCCCC(C)C. The van der Waals surface area contributed by atoms with Gasteiger partial charge in [-0.25, -0.2) is 0 Å². The molecule has 0 saturated heterocycles. The quantitative estimate of drug-likeness (QED) is 0.631. The van der Waals surface area contributed by atoms with Gasteiger partial charge in [-0.15, -0.1) is 0 Å². The summed E-state index contributed by atoms with van der Waals surface area (Å²) in [6, 6.07) is 16.9. The highest BCUT2D eigenvalue weighted by Crippen LogP contribution is 2.26. The van der Waals surface area contributed by atoms with Gasteiger partial charge in [0.1, 0.15) is 5.75 Å². The Kier molecular flexibility index (Phi) is 5.23. The number of benzene rings is 2. The Morgan fingerprint density at radius 1 is 0.950 bits per heavy atom. The van der Waals surface area contributed by atoms with Crippen LogP contribution in [-0.4, -0.2) is 6.61 Å². The van der Waals surface area contributed by atoms with Crippen LogP contribution >= 0.6 is 0 Å². The van der Waals surface area contributed by atoms with E-state index >= 15 is 0 Å². The summed E-state index contributed by atoms with van der Waals surface area (Å²) in [6.07, 6.45) is 2.35. The minimum Gasteiger partial charge on any atom is -0.493 e. The minimum atomic E-state index is 0.750. The molecule has 0 aliphatic carbocycles. The predicted octanol–water partition coefficient (Wildman–Crippen LogP) is 5.48. The van der Waals surface area contributed by atoms with Gasteiger partial charge in [0, 0.05) is 0 Å². The molecule has 1 nitrogen and oxygen atoms in total. The molecular formula is C19H24O. The maximum atomic E-state index is 5.88. The molecule has 20 heavy (non-hydrogen) atoms. The van der Waals surface area contributed by atoms with Crippen molar-refractivity contribution in [3.05, 3.63) is 54.1 Å². The highest BCUT2D eigenvalue weighted by molar-refractivity contribution is 5.65. The van der Waals surface area contributed by atoms with E-state index in [4.69, 9.17) is 4.74 Å². The lowest BCUT2D eigenvalue weighted by molar-refractivity contribution is 0.296. The van der Waals surface area contributed by atoms with E-state index in [-0.39, 0.29) is 0 Å². The summed E-state index contributed by atoms with van der Waals surface area (Å²) in [5.41, 5.74) is 3.70. The molecule has 2 rings (SSSR count). The summed E-state index contributed by atoms with van der Waals surface area (Å²) in [4.78, 5) is 0. The van der Waals surface area contributed by atoms with E-state index < -0.39 is 0 Å². The standard InChI is InChI=1S/C19H24O/c1-15(2)8-7-13-20-19-12-11-18(14-16(19)3)17-9-5-4-6-10-17/h4-6,9-12,14-15H,7-8,13H2,1-3H3. The van der Waals surface area contributed by atoms with E-state index in [9.17, 15) is 0 Å². The highest BCUT2D eigenvalue weighted by Gasteiger charge is 2.03. The first-order valence-electron chi connectivity index (χ1n) is 7.45. The second-order valence-electron chi connectivity index (χ2n) is 5.73. The van der Waals surface area contributed by atoms with E-state index in [1.54, 1.807) is 0 Å². The predicted molar refractivity (Wildman–Crippen MR) is 86.2 cm³/mol. The van der Waals surface area contributed by atoms with Crippen molar-refractivity contribution in [2.75, 3.05) is 6.61 Å². The van der Waals surface area contributed by atoms with Gasteiger partial charge in [-0.1, -0.05) is 50.2 Å². The zero-order valence-electron chi connectivity index (χ0n) is 12.7. The van der Waals surface area contributed by atoms with Crippen LogP contribution in [0.3, 0.4) is 0 Å². The molecule has 0 N–H and O–H groups in total. The van der Waals surface area contributed by atoms with E-state index in [2.05, 4.69) is 63.2 Å². The zero-order valence-corrected chi connectivity index (χ0v) is 12.7. The van der Waals surface area contributed by atoms with Crippen LogP contribution in [0.25, 0.3) is 11.1 Å². The lowest BCUT2D eigenvalue weighted by Crippen LogP contribution is -2.00. The molecule has 0 spiro atoms. The molecule has 2 aromatic carbocycles. The Bertz CT molecular complexity index is 529. The smallest absolute Gasteiger partial charge is 0.122 e. The normalized spacial score (nSPS) is 10.8. The van der Waals surface area contributed by atoms with Crippen molar-refractivity contribution in [1.82, 2.24) is 0 Å². The van der Waals surface area contributed by atoms with Crippen molar-refractivity contribution >= 4 is 0 Å². The molecule has 0 bridgehead atoms. The van der Waals surface area contributed by atoms with Gasteiger partial charge >= 0.3 is 0 Å². The molecule has 2 aromatic rings. The fourth-order valence-electron chi connectivity index (χ4n) is 2.30. The van der Waals surface area contributed by atoms with Crippen LogP contribution in [0.2, 0.25) is 0 Å². The topological polar surface area (TPSA) is 9.23 Å². The van der Waals surface area contributed by atoms with Crippen molar-refractivity contribution < 1.29 is 4.74 Å². The molecule has 0 amide bonds. The maximum absolute atomic E-state index is 5.88. The fourth-order valence-corrected chi connectivity index (χ4v) is 2.30. The van der Waals surface area contributed by atoms with Crippen molar-refractivity contribution in [3.8, 4) is 16.9 Å². The van der Waals surface area contributed by atoms with Gasteiger partial charge in [-0.3, -0.25) is 0 Å². The molecular weight excluding hydrogens is 244 g/mol. The first-order chi connectivity index (χ1) is 9.66. The average molecular weight is 268 g/mol. The van der Waals surface area contributed by atoms with Crippen LogP contribution in [-0.2, 0) is 0 Å². The molecule has 0 unspecified atom stereocenters. The van der Waals surface area contributed by atoms with Crippen LogP contribution in [0.1, 0.15) is 32.3 Å². The number of hydrogen-bond acceptors (Lipinski definition) is 1. The monoisotopic (exact) mass is 268 g/mol. The third-order valence-electron chi connectivity index (χ3n) is 3.47. The molecule has 0 aromatic heterocycles. The zero-order chi connectivity index (χ0) is 14.4.